The van der Waals surface area contributed by atoms with Gasteiger partial charge in [-0.25, -0.2) is 0 Å². The van der Waals surface area contributed by atoms with Crippen LogP contribution in [0.4, 0.5) is 0 Å². The normalized spacial score (nSPS) is 12.8. The molecule has 1 rings (SSSR count). The Morgan fingerprint density at radius 1 is 1.32 bits per heavy atom. The predicted octanol–water partition coefficient (Wildman–Crippen LogP) is 2.06. The maximum Gasteiger partial charge on any atom is 0.191 e. The second-order valence-corrected chi connectivity index (χ2v) is 6.45. The van der Waals surface area contributed by atoms with Crippen molar-refractivity contribution in [3.8, 4) is 0 Å². The van der Waals surface area contributed by atoms with E-state index in [-0.39, 0.29) is 30.6 Å². The lowest BCUT2D eigenvalue weighted by Gasteiger charge is -2.17. The first-order chi connectivity index (χ1) is 11.6. The van der Waals surface area contributed by atoms with Crippen LogP contribution in [-0.2, 0) is 13.0 Å². The molecule has 0 aliphatic rings. The van der Waals surface area contributed by atoms with Crippen molar-refractivity contribution in [2.24, 2.45) is 16.8 Å². The van der Waals surface area contributed by atoms with E-state index < -0.39 is 0 Å². The van der Waals surface area contributed by atoms with Crippen molar-refractivity contribution in [1.29, 1.82) is 0 Å². The fourth-order valence-corrected chi connectivity index (χ4v) is 2.73. The third kappa shape index (κ3) is 9.98. The highest BCUT2D eigenvalue weighted by molar-refractivity contribution is 14.0. The second kappa shape index (κ2) is 14.3. The van der Waals surface area contributed by atoms with E-state index in [9.17, 15) is 5.11 Å². The van der Waals surface area contributed by atoms with Crippen molar-refractivity contribution in [2.45, 2.75) is 53.5 Å². The minimum atomic E-state index is 0. The molecule has 0 aliphatic carbocycles. The number of nitrogens with zero attached hydrogens (tertiary/aromatic N) is 4. The molecule has 0 aromatic carbocycles. The van der Waals surface area contributed by atoms with Crippen molar-refractivity contribution in [3.63, 3.8) is 0 Å². The molecule has 0 saturated heterocycles. The Hall–Kier alpha value is -0.900. The second-order valence-electron chi connectivity index (χ2n) is 6.45. The summed E-state index contributed by atoms with van der Waals surface area (Å²) in [6, 6.07) is 0. The van der Waals surface area contributed by atoms with Gasteiger partial charge in [-0.3, -0.25) is 4.99 Å². The molecule has 0 saturated carbocycles. The summed E-state index contributed by atoms with van der Waals surface area (Å²) in [5.74, 6) is 2.87. The van der Waals surface area contributed by atoms with Crippen LogP contribution in [0.3, 0.4) is 0 Å². The molecule has 146 valence electrons. The van der Waals surface area contributed by atoms with Gasteiger partial charge in [-0.1, -0.05) is 20.8 Å². The monoisotopic (exact) mass is 466 g/mol. The first kappa shape index (κ1) is 24.1. The maximum absolute atomic E-state index is 9.22. The third-order valence-corrected chi connectivity index (χ3v) is 3.85. The fraction of sp³-hybridized carbons (Fsp3) is 0.824. The highest BCUT2D eigenvalue weighted by Crippen LogP contribution is 2.15. The number of aliphatic hydroxyl groups is 1. The van der Waals surface area contributed by atoms with Crippen molar-refractivity contribution in [2.75, 3.05) is 26.2 Å². The first-order valence-corrected chi connectivity index (χ1v) is 9.10. The number of aliphatic hydroxyl groups excluding tert-OH is 1. The van der Waals surface area contributed by atoms with Gasteiger partial charge in [-0.05, 0) is 31.6 Å². The van der Waals surface area contributed by atoms with Gasteiger partial charge < -0.3 is 20.3 Å². The van der Waals surface area contributed by atoms with Gasteiger partial charge >= 0.3 is 0 Å². The number of rotatable bonds is 11. The molecule has 0 fully saturated rings. The lowest BCUT2D eigenvalue weighted by Crippen LogP contribution is -2.39. The number of hydrogen-bond donors (Lipinski definition) is 3. The van der Waals surface area contributed by atoms with Crippen LogP contribution in [0.1, 0.15) is 46.4 Å². The van der Waals surface area contributed by atoms with Gasteiger partial charge in [-0.15, -0.1) is 34.2 Å². The summed E-state index contributed by atoms with van der Waals surface area (Å²) in [5.41, 5.74) is 0. The summed E-state index contributed by atoms with van der Waals surface area (Å²) < 4.78 is 2.06. The smallest absolute Gasteiger partial charge is 0.191 e. The lowest BCUT2D eigenvalue weighted by atomic mass is 9.94. The molecule has 0 aliphatic heterocycles. The number of aliphatic imine (C=N–C) groups is 1. The predicted molar refractivity (Wildman–Crippen MR) is 113 cm³/mol. The van der Waals surface area contributed by atoms with Crippen molar-refractivity contribution in [1.82, 2.24) is 25.4 Å². The molecular weight excluding hydrogens is 431 g/mol. The van der Waals surface area contributed by atoms with Gasteiger partial charge in [0.1, 0.15) is 12.2 Å². The molecule has 1 heterocycles. The zero-order valence-electron chi connectivity index (χ0n) is 16.0. The Morgan fingerprint density at radius 2 is 2.08 bits per heavy atom. The molecule has 1 aromatic rings. The molecule has 8 heteroatoms. The number of aromatic nitrogens is 3. The molecule has 7 nitrogen and oxygen atoms in total. The zero-order chi connectivity index (χ0) is 17.8. The number of hydrogen-bond acceptors (Lipinski definition) is 4. The average molecular weight is 466 g/mol. The Kier molecular flexibility index (Phi) is 13.8. The Balaban J connectivity index is 0.00000576. The average Bonchev–Trinajstić information content (AvgIpc) is 2.99. The highest BCUT2D eigenvalue weighted by atomic mass is 127. The van der Waals surface area contributed by atoms with E-state index in [0.717, 1.165) is 57.2 Å². The SMILES string of the molecule is CCNC(=NCC(CCO)CC(C)C)NCCn1cnnc1CC.I. The van der Waals surface area contributed by atoms with Crippen LogP contribution in [0.5, 0.6) is 0 Å². The minimum absolute atomic E-state index is 0. The van der Waals surface area contributed by atoms with E-state index in [1.165, 1.54) is 0 Å². The number of guanidine groups is 1. The Morgan fingerprint density at radius 3 is 2.68 bits per heavy atom. The standard InChI is InChI=1S/C17H34N6O.HI/c1-5-16-22-21-13-23(16)9-8-19-17(18-6-2)20-12-15(7-10-24)11-14(3)4;/h13-15,24H,5-12H2,1-4H3,(H2,18,19,20);1H. The molecule has 0 amide bonds. The highest BCUT2D eigenvalue weighted by Gasteiger charge is 2.10. The zero-order valence-corrected chi connectivity index (χ0v) is 18.4. The maximum atomic E-state index is 9.22. The van der Waals surface area contributed by atoms with Crippen LogP contribution in [-0.4, -0.2) is 52.1 Å². The van der Waals surface area contributed by atoms with Crippen LogP contribution in [0.15, 0.2) is 11.3 Å². The molecule has 0 bridgehead atoms. The summed E-state index contributed by atoms with van der Waals surface area (Å²) in [7, 11) is 0. The molecule has 1 unspecified atom stereocenters. The minimum Gasteiger partial charge on any atom is -0.396 e. The molecule has 3 N–H and O–H groups in total. The molecule has 1 aromatic heterocycles. The Labute approximate surface area is 169 Å². The third-order valence-electron chi connectivity index (χ3n) is 3.85. The van der Waals surface area contributed by atoms with Crippen LogP contribution in [0, 0.1) is 11.8 Å². The fourth-order valence-electron chi connectivity index (χ4n) is 2.73. The van der Waals surface area contributed by atoms with Crippen LogP contribution in [0.25, 0.3) is 0 Å². The van der Waals surface area contributed by atoms with Crippen molar-refractivity contribution >= 4 is 29.9 Å². The van der Waals surface area contributed by atoms with Gasteiger partial charge in [0, 0.05) is 39.2 Å². The number of halogens is 1. The van der Waals surface area contributed by atoms with Crippen molar-refractivity contribution in [3.05, 3.63) is 12.2 Å². The number of nitrogens with one attached hydrogen (secondary N) is 2. The van der Waals surface area contributed by atoms with Crippen molar-refractivity contribution < 1.29 is 5.11 Å². The van der Waals surface area contributed by atoms with E-state index >= 15 is 0 Å². The molecular formula is C17H35IN6O. The molecule has 0 spiro atoms. The largest absolute Gasteiger partial charge is 0.396 e. The summed E-state index contributed by atoms with van der Waals surface area (Å²) in [6.07, 6.45) is 4.54. The summed E-state index contributed by atoms with van der Waals surface area (Å²) >= 11 is 0. The quantitative estimate of drug-likeness (QED) is 0.264. The van der Waals surface area contributed by atoms with E-state index in [0.29, 0.717) is 11.8 Å². The molecule has 1 atom stereocenters. The Bertz CT molecular complexity index is 477. The van der Waals surface area contributed by atoms with Gasteiger partial charge in [0.25, 0.3) is 0 Å². The van der Waals surface area contributed by atoms with Gasteiger partial charge in [0.2, 0.25) is 0 Å². The lowest BCUT2D eigenvalue weighted by molar-refractivity contribution is 0.245. The molecule has 0 radical (unpaired) electrons. The van der Waals surface area contributed by atoms with Gasteiger partial charge in [0.05, 0.1) is 0 Å². The summed E-state index contributed by atoms with van der Waals surface area (Å²) in [6.45, 7) is 11.9. The van der Waals surface area contributed by atoms with Crippen LogP contribution < -0.4 is 10.6 Å². The van der Waals surface area contributed by atoms with E-state index in [1.54, 1.807) is 6.33 Å². The van der Waals surface area contributed by atoms with Crippen LogP contribution in [0.2, 0.25) is 0 Å². The van der Waals surface area contributed by atoms with E-state index in [4.69, 9.17) is 0 Å². The summed E-state index contributed by atoms with van der Waals surface area (Å²) in [5, 5.41) is 23.9. The first-order valence-electron chi connectivity index (χ1n) is 9.10. The van der Waals surface area contributed by atoms with E-state index in [2.05, 4.69) is 58.1 Å². The number of aryl methyl sites for hydroxylation is 1. The summed E-state index contributed by atoms with van der Waals surface area (Å²) in [4.78, 5) is 4.69. The van der Waals surface area contributed by atoms with E-state index in [1.807, 2.05) is 0 Å². The van der Waals surface area contributed by atoms with Crippen LogP contribution >= 0.6 is 24.0 Å². The topological polar surface area (TPSA) is 87.4 Å². The molecule has 25 heavy (non-hydrogen) atoms. The van der Waals surface area contributed by atoms with Gasteiger partial charge in [0.15, 0.2) is 5.96 Å². The van der Waals surface area contributed by atoms with Gasteiger partial charge in [-0.2, -0.15) is 0 Å².